The molecule has 0 spiro atoms. The lowest BCUT2D eigenvalue weighted by atomic mass is 9.88. The number of aliphatic hydroxyl groups excluding tert-OH is 1. The maximum atomic E-state index is 12.1. The van der Waals surface area contributed by atoms with Crippen LogP contribution >= 0.6 is 0 Å². The van der Waals surface area contributed by atoms with Gasteiger partial charge in [-0.3, -0.25) is 0 Å². The van der Waals surface area contributed by atoms with Crippen LogP contribution in [-0.2, 0) is 14.3 Å². The van der Waals surface area contributed by atoms with Crippen molar-refractivity contribution in [1.82, 2.24) is 5.32 Å². The Morgan fingerprint density at radius 1 is 1.35 bits per heavy atom. The highest BCUT2D eigenvalue weighted by Crippen LogP contribution is 2.26. The number of esters is 1. The highest BCUT2D eigenvalue weighted by Gasteiger charge is 2.37. The van der Waals surface area contributed by atoms with Crippen LogP contribution in [0.25, 0.3) is 0 Å². The fourth-order valence-electron chi connectivity index (χ4n) is 2.84. The molecule has 0 aromatic rings. The minimum absolute atomic E-state index is 0.0720. The van der Waals surface area contributed by atoms with Crippen LogP contribution in [0.5, 0.6) is 0 Å². The van der Waals surface area contributed by atoms with E-state index in [-0.39, 0.29) is 23.7 Å². The maximum absolute atomic E-state index is 12.1. The first-order valence-electron chi connectivity index (χ1n) is 8.70. The van der Waals surface area contributed by atoms with Crippen molar-refractivity contribution in [2.75, 3.05) is 6.61 Å². The Morgan fingerprint density at radius 3 is 2.43 bits per heavy atom. The van der Waals surface area contributed by atoms with Crippen molar-refractivity contribution in [3.8, 4) is 0 Å². The molecule has 1 rings (SSSR count). The minimum atomic E-state index is -0.687. The molecule has 0 unspecified atom stereocenters. The van der Waals surface area contributed by atoms with Gasteiger partial charge in [-0.1, -0.05) is 13.8 Å². The Balaban J connectivity index is 2.98. The molecule has 0 heterocycles. The third-order valence-electron chi connectivity index (χ3n) is 3.97. The summed E-state index contributed by atoms with van der Waals surface area (Å²) < 4.78 is 11.2. The number of ether oxygens (including phenoxy) is 2. The zero-order valence-corrected chi connectivity index (χ0v) is 15.4. The van der Waals surface area contributed by atoms with E-state index in [2.05, 4.69) is 19.2 Å². The van der Waals surface area contributed by atoms with E-state index in [0.717, 1.165) is 12.8 Å². The van der Waals surface area contributed by atoms with Gasteiger partial charge in [0, 0.05) is 17.2 Å². The largest absolute Gasteiger partial charge is 0.463 e. The van der Waals surface area contributed by atoms with Crippen molar-refractivity contribution in [3.05, 3.63) is 11.6 Å². The topological polar surface area (TPSA) is 67.8 Å². The van der Waals surface area contributed by atoms with Gasteiger partial charge in [0.1, 0.15) is 6.10 Å². The van der Waals surface area contributed by atoms with E-state index < -0.39 is 12.2 Å². The van der Waals surface area contributed by atoms with Crippen molar-refractivity contribution in [3.63, 3.8) is 0 Å². The molecular weight excluding hydrogens is 294 g/mol. The molecule has 3 atom stereocenters. The van der Waals surface area contributed by atoms with Crippen molar-refractivity contribution >= 4 is 5.97 Å². The molecule has 0 aromatic heterocycles. The van der Waals surface area contributed by atoms with Gasteiger partial charge in [-0.2, -0.15) is 0 Å². The van der Waals surface area contributed by atoms with Crippen molar-refractivity contribution in [1.29, 1.82) is 0 Å². The molecule has 1 aliphatic rings. The Morgan fingerprint density at radius 2 is 1.96 bits per heavy atom. The van der Waals surface area contributed by atoms with Gasteiger partial charge in [-0.15, -0.1) is 0 Å². The summed E-state index contributed by atoms with van der Waals surface area (Å²) in [5, 5.41) is 14.1. The molecule has 1 aliphatic carbocycles. The van der Waals surface area contributed by atoms with E-state index in [0.29, 0.717) is 18.6 Å². The first-order valence-corrected chi connectivity index (χ1v) is 8.70. The smallest absolute Gasteiger partial charge is 0.333 e. The molecule has 0 saturated carbocycles. The quantitative estimate of drug-likeness (QED) is 0.704. The first-order chi connectivity index (χ1) is 10.7. The van der Waals surface area contributed by atoms with E-state index in [4.69, 9.17) is 9.47 Å². The standard InChI is InChI=1S/C18H33NO4/c1-7-13(8-2)23-15-11-12(17(21)22-9-3)10-14(16(15)20)19-18(4,5)6/h11,13-16,19-20H,7-10H2,1-6H3/t14-,15-,16-/m0/s1. The van der Waals surface area contributed by atoms with Gasteiger partial charge >= 0.3 is 5.97 Å². The van der Waals surface area contributed by atoms with Crippen LogP contribution in [0, 0.1) is 0 Å². The molecule has 0 radical (unpaired) electrons. The summed E-state index contributed by atoms with van der Waals surface area (Å²) in [7, 11) is 0. The number of hydrogen-bond acceptors (Lipinski definition) is 5. The summed E-state index contributed by atoms with van der Waals surface area (Å²) in [5.41, 5.74) is 0.414. The second kappa shape index (κ2) is 8.81. The Kier molecular flexibility index (Phi) is 7.71. The van der Waals surface area contributed by atoms with Gasteiger partial charge in [0.15, 0.2) is 0 Å². The van der Waals surface area contributed by atoms with Crippen LogP contribution in [0.2, 0.25) is 0 Å². The second-order valence-electron chi connectivity index (χ2n) is 7.15. The van der Waals surface area contributed by atoms with Gasteiger partial charge < -0.3 is 19.9 Å². The van der Waals surface area contributed by atoms with Crippen molar-refractivity contribution in [2.24, 2.45) is 0 Å². The van der Waals surface area contributed by atoms with Crippen LogP contribution in [0.15, 0.2) is 11.6 Å². The molecular formula is C18H33NO4. The number of nitrogens with one attached hydrogen (secondary N) is 1. The predicted octanol–water partition coefficient (Wildman–Crippen LogP) is 2.57. The summed E-state index contributed by atoms with van der Waals surface area (Å²) in [5.74, 6) is -0.321. The Bertz CT molecular complexity index is 410. The summed E-state index contributed by atoms with van der Waals surface area (Å²) in [4.78, 5) is 12.1. The highest BCUT2D eigenvalue weighted by atomic mass is 16.5. The average molecular weight is 327 g/mol. The molecule has 134 valence electrons. The van der Waals surface area contributed by atoms with E-state index >= 15 is 0 Å². The second-order valence-corrected chi connectivity index (χ2v) is 7.15. The summed E-state index contributed by atoms with van der Waals surface area (Å²) in [6, 6.07) is -0.237. The lowest BCUT2D eigenvalue weighted by Gasteiger charge is -2.38. The normalized spacial score (nSPS) is 25.4. The predicted molar refractivity (Wildman–Crippen MR) is 91.3 cm³/mol. The molecule has 0 fully saturated rings. The summed E-state index contributed by atoms with van der Waals surface area (Å²) in [6.45, 7) is 12.4. The number of rotatable bonds is 7. The maximum Gasteiger partial charge on any atom is 0.333 e. The summed E-state index contributed by atoms with van der Waals surface area (Å²) >= 11 is 0. The van der Waals surface area contributed by atoms with Gasteiger partial charge in [-0.05, 0) is 53.0 Å². The average Bonchev–Trinajstić information content (AvgIpc) is 2.46. The zero-order valence-electron chi connectivity index (χ0n) is 15.4. The van der Waals surface area contributed by atoms with Gasteiger partial charge in [0.25, 0.3) is 0 Å². The molecule has 0 aromatic carbocycles. The SMILES string of the molecule is CCOC(=O)C1=C[C@H](OC(CC)CC)[C@@H](O)[C@@H](NC(C)(C)C)C1. The summed E-state index contributed by atoms with van der Waals surface area (Å²) in [6.07, 6.45) is 2.82. The van der Waals surface area contributed by atoms with Crippen LogP contribution < -0.4 is 5.32 Å². The molecule has 5 heteroatoms. The van der Waals surface area contributed by atoms with E-state index in [1.54, 1.807) is 13.0 Å². The third kappa shape index (κ3) is 6.24. The van der Waals surface area contributed by atoms with Gasteiger partial charge in [0.05, 0.1) is 18.8 Å². The third-order valence-corrected chi connectivity index (χ3v) is 3.97. The van der Waals surface area contributed by atoms with E-state index in [9.17, 15) is 9.90 Å². The molecule has 0 aliphatic heterocycles. The number of carbonyl (C=O) groups excluding carboxylic acids is 1. The molecule has 0 amide bonds. The molecule has 5 nitrogen and oxygen atoms in total. The number of hydrogen-bond donors (Lipinski definition) is 2. The monoisotopic (exact) mass is 327 g/mol. The van der Waals surface area contributed by atoms with Crippen molar-refractivity contribution < 1.29 is 19.4 Å². The van der Waals surface area contributed by atoms with Crippen LogP contribution in [0.1, 0.15) is 60.8 Å². The lowest BCUT2D eigenvalue weighted by molar-refractivity contribution is -0.139. The molecule has 0 saturated heterocycles. The fourth-order valence-corrected chi connectivity index (χ4v) is 2.84. The van der Waals surface area contributed by atoms with Crippen LogP contribution in [-0.4, -0.2) is 47.6 Å². The van der Waals surface area contributed by atoms with Crippen molar-refractivity contribution in [2.45, 2.75) is 90.7 Å². The fraction of sp³-hybridized carbons (Fsp3) is 0.833. The van der Waals surface area contributed by atoms with E-state index in [1.165, 1.54) is 0 Å². The number of aliphatic hydroxyl groups is 1. The lowest BCUT2D eigenvalue weighted by Crippen LogP contribution is -2.55. The minimum Gasteiger partial charge on any atom is -0.463 e. The number of carbonyl (C=O) groups is 1. The van der Waals surface area contributed by atoms with Crippen LogP contribution in [0.3, 0.4) is 0 Å². The van der Waals surface area contributed by atoms with Gasteiger partial charge in [-0.25, -0.2) is 4.79 Å². The van der Waals surface area contributed by atoms with Gasteiger partial charge in [0.2, 0.25) is 0 Å². The highest BCUT2D eigenvalue weighted by molar-refractivity contribution is 5.89. The molecule has 0 bridgehead atoms. The zero-order chi connectivity index (χ0) is 17.6. The van der Waals surface area contributed by atoms with Crippen LogP contribution in [0.4, 0.5) is 0 Å². The molecule has 2 N–H and O–H groups in total. The van der Waals surface area contributed by atoms with E-state index in [1.807, 2.05) is 20.8 Å². The molecule has 23 heavy (non-hydrogen) atoms. The Hall–Kier alpha value is -0.910. The Labute approximate surface area is 140 Å². The first kappa shape index (κ1) is 20.1.